The van der Waals surface area contributed by atoms with Crippen LogP contribution in [0, 0.1) is 13.8 Å². The fourth-order valence-electron chi connectivity index (χ4n) is 1.93. The molecular weight excluding hydrogens is 274 g/mol. The van der Waals surface area contributed by atoms with Crippen LogP contribution in [0.4, 0.5) is 10.6 Å². The molecule has 1 aromatic rings. The van der Waals surface area contributed by atoms with Gasteiger partial charge < -0.3 is 15.0 Å². The molecule has 0 radical (unpaired) electrons. The summed E-state index contributed by atoms with van der Waals surface area (Å²) in [7, 11) is 1.46. The molecule has 0 spiro atoms. The van der Waals surface area contributed by atoms with E-state index in [2.05, 4.69) is 20.8 Å². The topological polar surface area (TPSA) is 96.5 Å². The minimum absolute atomic E-state index is 0.0239. The molecule has 0 aromatic carbocycles. The second-order valence-corrected chi connectivity index (χ2v) is 5.03. The number of carbonyl (C=O) groups is 2. The SMILES string of the molecule is COCC(=O)NC1CN(C(=O)Nc2cc(C)c(C)nn2)C1. The first-order valence-corrected chi connectivity index (χ1v) is 6.64. The van der Waals surface area contributed by atoms with Crippen LogP contribution >= 0.6 is 0 Å². The van der Waals surface area contributed by atoms with Crippen LogP contribution in [-0.2, 0) is 9.53 Å². The van der Waals surface area contributed by atoms with Gasteiger partial charge in [-0.15, -0.1) is 5.10 Å². The van der Waals surface area contributed by atoms with Crippen LogP contribution in [0.25, 0.3) is 0 Å². The summed E-state index contributed by atoms with van der Waals surface area (Å²) in [5, 5.41) is 13.3. The number of hydrogen-bond acceptors (Lipinski definition) is 5. The van der Waals surface area contributed by atoms with Gasteiger partial charge in [0, 0.05) is 20.2 Å². The Morgan fingerprint density at radius 2 is 2.10 bits per heavy atom. The van der Waals surface area contributed by atoms with E-state index in [-0.39, 0.29) is 24.6 Å². The van der Waals surface area contributed by atoms with E-state index in [0.29, 0.717) is 18.9 Å². The number of nitrogens with zero attached hydrogens (tertiary/aromatic N) is 3. The minimum Gasteiger partial charge on any atom is -0.375 e. The molecule has 1 aliphatic rings. The molecule has 0 bridgehead atoms. The third-order valence-corrected chi connectivity index (χ3v) is 3.28. The second-order valence-electron chi connectivity index (χ2n) is 5.03. The molecule has 1 saturated heterocycles. The van der Waals surface area contributed by atoms with E-state index in [9.17, 15) is 9.59 Å². The van der Waals surface area contributed by atoms with E-state index in [1.165, 1.54) is 7.11 Å². The number of urea groups is 1. The van der Waals surface area contributed by atoms with Gasteiger partial charge in [-0.25, -0.2) is 4.79 Å². The molecule has 1 aromatic heterocycles. The zero-order chi connectivity index (χ0) is 15.4. The molecule has 8 nitrogen and oxygen atoms in total. The van der Waals surface area contributed by atoms with E-state index < -0.39 is 0 Å². The summed E-state index contributed by atoms with van der Waals surface area (Å²) in [6, 6.07) is 1.51. The first-order chi connectivity index (χ1) is 9.99. The van der Waals surface area contributed by atoms with E-state index in [0.717, 1.165) is 11.3 Å². The van der Waals surface area contributed by atoms with Crippen molar-refractivity contribution in [3.8, 4) is 0 Å². The van der Waals surface area contributed by atoms with Crippen molar-refractivity contribution in [2.24, 2.45) is 0 Å². The highest BCUT2D eigenvalue weighted by molar-refractivity contribution is 5.89. The highest BCUT2D eigenvalue weighted by Gasteiger charge is 2.31. The third-order valence-electron chi connectivity index (χ3n) is 3.28. The number of amides is 3. The molecule has 0 unspecified atom stereocenters. The lowest BCUT2D eigenvalue weighted by atomic mass is 10.1. The van der Waals surface area contributed by atoms with E-state index in [1.54, 1.807) is 11.0 Å². The summed E-state index contributed by atoms with van der Waals surface area (Å²) in [6.07, 6.45) is 0. The average molecular weight is 293 g/mol. The fourth-order valence-corrected chi connectivity index (χ4v) is 1.93. The van der Waals surface area contributed by atoms with Crippen molar-refractivity contribution in [2.75, 3.05) is 32.1 Å². The van der Waals surface area contributed by atoms with Crippen LogP contribution in [-0.4, -0.2) is 59.9 Å². The molecule has 21 heavy (non-hydrogen) atoms. The number of aryl methyl sites for hydroxylation is 2. The molecule has 0 atom stereocenters. The highest BCUT2D eigenvalue weighted by Crippen LogP contribution is 2.12. The van der Waals surface area contributed by atoms with Crippen LogP contribution in [0.5, 0.6) is 0 Å². The Bertz CT molecular complexity index is 543. The summed E-state index contributed by atoms with van der Waals surface area (Å²) >= 11 is 0. The van der Waals surface area contributed by atoms with Gasteiger partial charge in [-0.1, -0.05) is 0 Å². The van der Waals surface area contributed by atoms with Crippen LogP contribution in [0.3, 0.4) is 0 Å². The molecule has 2 N–H and O–H groups in total. The number of hydrogen-bond donors (Lipinski definition) is 2. The number of aromatic nitrogens is 2. The number of likely N-dealkylation sites (tertiary alicyclic amines) is 1. The average Bonchev–Trinajstić information content (AvgIpc) is 2.38. The quantitative estimate of drug-likeness (QED) is 0.819. The van der Waals surface area contributed by atoms with Crippen molar-refractivity contribution in [3.63, 3.8) is 0 Å². The maximum Gasteiger partial charge on any atom is 0.323 e. The molecule has 1 aliphatic heterocycles. The molecule has 0 aliphatic carbocycles. The fraction of sp³-hybridized carbons (Fsp3) is 0.538. The number of rotatable bonds is 4. The molecule has 1 fully saturated rings. The van der Waals surface area contributed by atoms with Gasteiger partial charge in [0.15, 0.2) is 5.82 Å². The van der Waals surface area contributed by atoms with Crippen LogP contribution in [0.15, 0.2) is 6.07 Å². The maximum absolute atomic E-state index is 12.0. The monoisotopic (exact) mass is 293 g/mol. The van der Waals surface area contributed by atoms with Crippen LogP contribution in [0.1, 0.15) is 11.3 Å². The van der Waals surface area contributed by atoms with Gasteiger partial charge in [0.05, 0.1) is 11.7 Å². The van der Waals surface area contributed by atoms with Crippen LogP contribution in [0.2, 0.25) is 0 Å². The standard InChI is InChI=1S/C13H19N5O3/c1-8-4-11(17-16-9(8)2)15-13(20)18-5-10(6-18)14-12(19)7-21-3/h4,10H,5-7H2,1-3H3,(H,14,19)(H,15,17,20). The van der Waals surface area contributed by atoms with Gasteiger partial charge in [0.2, 0.25) is 5.91 Å². The smallest absolute Gasteiger partial charge is 0.323 e. The Labute approximate surface area is 122 Å². The van der Waals surface area contributed by atoms with Gasteiger partial charge in [-0.05, 0) is 25.5 Å². The Morgan fingerprint density at radius 3 is 2.71 bits per heavy atom. The van der Waals surface area contributed by atoms with Gasteiger partial charge in [-0.2, -0.15) is 5.10 Å². The summed E-state index contributed by atoms with van der Waals surface area (Å²) in [4.78, 5) is 24.9. The van der Waals surface area contributed by atoms with E-state index in [1.807, 2.05) is 13.8 Å². The summed E-state index contributed by atoms with van der Waals surface area (Å²) in [5.41, 5.74) is 1.80. The first kappa shape index (κ1) is 15.2. The summed E-state index contributed by atoms with van der Waals surface area (Å²) in [6.45, 7) is 4.74. The summed E-state index contributed by atoms with van der Waals surface area (Å²) in [5.74, 6) is 0.248. The van der Waals surface area contributed by atoms with Crippen molar-refractivity contribution in [2.45, 2.75) is 19.9 Å². The number of ether oxygens (including phenoxy) is 1. The normalized spacial score (nSPS) is 14.5. The van der Waals surface area contributed by atoms with Crippen molar-refractivity contribution in [1.82, 2.24) is 20.4 Å². The predicted octanol–water partition coefficient (Wildman–Crippen LogP) is 0.0721. The van der Waals surface area contributed by atoms with Crippen LogP contribution < -0.4 is 10.6 Å². The summed E-state index contributed by atoms with van der Waals surface area (Å²) < 4.78 is 4.73. The third kappa shape index (κ3) is 3.88. The molecular formula is C13H19N5O3. The van der Waals surface area contributed by atoms with Gasteiger partial charge in [0.1, 0.15) is 6.61 Å². The lowest BCUT2D eigenvalue weighted by Gasteiger charge is -2.39. The Balaban J connectivity index is 1.78. The van der Waals surface area contributed by atoms with Crippen molar-refractivity contribution >= 4 is 17.8 Å². The number of carbonyl (C=O) groups excluding carboxylic acids is 2. The van der Waals surface area contributed by atoms with Gasteiger partial charge in [-0.3, -0.25) is 10.1 Å². The Morgan fingerprint density at radius 1 is 1.38 bits per heavy atom. The largest absolute Gasteiger partial charge is 0.375 e. The zero-order valence-corrected chi connectivity index (χ0v) is 12.3. The van der Waals surface area contributed by atoms with Gasteiger partial charge >= 0.3 is 6.03 Å². The van der Waals surface area contributed by atoms with Crippen molar-refractivity contribution in [1.29, 1.82) is 0 Å². The zero-order valence-electron chi connectivity index (χ0n) is 12.3. The predicted molar refractivity (Wildman–Crippen MR) is 75.9 cm³/mol. The van der Waals surface area contributed by atoms with Crippen molar-refractivity contribution in [3.05, 3.63) is 17.3 Å². The number of nitrogens with one attached hydrogen (secondary N) is 2. The van der Waals surface area contributed by atoms with E-state index >= 15 is 0 Å². The lowest BCUT2D eigenvalue weighted by molar-refractivity contribution is -0.126. The molecule has 114 valence electrons. The van der Waals surface area contributed by atoms with E-state index in [4.69, 9.17) is 4.74 Å². The molecule has 8 heteroatoms. The first-order valence-electron chi connectivity index (χ1n) is 6.64. The van der Waals surface area contributed by atoms with Crippen molar-refractivity contribution < 1.29 is 14.3 Å². The second kappa shape index (κ2) is 6.49. The Hall–Kier alpha value is -2.22. The highest BCUT2D eigenvalue weighted by atomic mass is 16.5. The minimum atomic E-state index is -0.246. The Kier molecular flexibility index (Phi) is 4.69. The lowest BCUT2D eigenvalue weighted by Crippen LogP contribution is -2.62. The molecule has 2 heterocycles. The molecule has 2 rings (SSSR count). The molecule has 0 saturated carbocycles. The number of anilines is 1. The maximum atomic E-state index is 12.0. The molecule has 3 amide bonds. The van der Waals surface area contributed by atoms with Gasteiger partial charge in [0.25, 0.3) is 0 Å². The number of methoxy groups -OCH3 is 1.